The molecule has 3 nitrogen and oxygen atoms in total. The van der Waals surface area contributed by atoms with Gasteiger partial charge in [-0.05, 0) is 23.8 Å². The van der Waals surface area contributed by atoms with Crippen molar-refractivity contribution >= 4 is 23.5 Å². The lowest BCUT2D eigenvalue weighted by atomic mass is 10.0. The highest BCUT2D eigenvalue weighted by molar-refractivity contribution is 6.32. The first-order valence-corrected chi connectivity index (χ1v) is 5.11. The molecule has 1 aromatic heterocycles. The molecule has 2 aromatic rings. The van der Waals surface area contributed by atoms with Gasteiger partial charge in [-0.15, -0.1) is 0 Å². The maximum absolute atomic E-state index is 7.16. The molecule has 0 radical (unpaired) electrons. The van der Waals surface area contributed by atoms with Gasteiger partial charge in [0, 0.05) is 29.2 Å². The number of hydrogen-bond donors (Lipinski definition) is 2. The summed E-state index contributed by atoms with van der Waals surface area (Å²) < 4.78 is 0. The fraction of sp³-hybridized carbons (Fsp3) is 0. The van der Waals surface area contributed by atoms with Crippen LogP contribution in [0.1, 0.15) is 5.56 Å². The quantitative estimate of drug-likeness (QED) is 0.474. The zero-order valence-corrected chi connectivity index (χ0v) is 9.20. The molecule has 1 heterocycles. The number of nitrogen functional groups attached to an aromatic ring is 1. The van der Waals surface area contributed by atoms with Gasteiger partial charge in [0.1, 0.15) is 5.15 Å². The minimum atomic E-state index is 0.449. The Bertz CT molecular complexity index is 538. The second kappa shape index (κ2) is 4.33. The van der Waals surface area contributed by atoms with E-state index in [1.807, 2.05) is 18.2 Å². The predicted octanol–water partition coefficient (Wildman–Crippen LogP) is 2.98. The highest BCUT2D eigenvalue weighted by Gasteiger charge is 2.05. The minimum Gasteiger partial charge on any atom is -0.398 e. The predicted molar refractivity (Wildman–Crippen MR) is 67.0 cm³/mol. The number of nitrogens with zero attached hydrogens (tertiary/aromatic N) is 1. The molecule has 80 valence electrons. The maximum atomic E-state index is 7.16. The molecule has 0 saturated carbocycles. The van der Waals surface area contributed by atoms with Crippen LogP contribution < -0.4 is 5.73 Å². The van der Waals surface area contributed by atoms with Crippen LogP contribution in [0.25, 0.3) is 11.1 Å². The number of anilines is 1. The van der Waals surface area contributed by atoms with Crippen molar-refractivity contribution in [3.05, 3.63) is 47.2 Å². The van der Waals surface area contributed by atoms with Crippen molar-refractivity contribution in [1.82, 2.24) is 4.98 Å². The van der Waals surface area contributed by atoms with Crippen molar-refractivity contribution in [3.8, 4) is 11.1 Å². The SMILES string of the molecule is N=Cc1ccc(-c2cccnc2Cl)cc1N. The average Bonchev–Trinajstić information content (AvgIpc) is 2.29. The molecule has 0 aliphatic heterocycles. The lowest BCUT2D eigenvalue weighted by Gasteiger charge is -2.06. The van der Waals surface area contributed by atoms with E-state index in [0.29, 0.717) is 16.4 Å². The number of rotatable bonds is 2. The van der Waals surface area contributed by atoms with Gasteiger partial charge in [-0.1, -0.05) is 23.7 Å². The molecule has 3 N–H and O–H groups in total. The fourth-order valence-electron chi connectivity index (χ4n) is 1.48. The number of pyridine rings is 1. The van der Waals surface area contributed by atoms with E-state index in [1.54, 1.807) is 18.3 Å². The standard InChI is InChI=1S/C12H10ClN3/c13-12-10(2-1-5-16-12)8-3-4-9(7-14)11(15)6-8/h1-7,14H,15H2. The van der Waals surface area contributed by atoms with Gasteiger partial charge in [-0.25, -0.2) is 4.98 Å². The molecule has 4 heteroatoms. The highest BCUT2D eigenvalue weighted by atomic mass is 35.5. The first-order valence-electron chi connectivity index (χ1n) is 4.73. The summed E-state index contributed by atoms with van der Waals surface area (Å²) in [5.41, 5.74) is 8.81. The van der Waals surface area contributed by atoms with Crippen molar-refractivity contribution in [3.63, 3.8) is 0 Å². The van der Waals surface area contributed by atoms with Gasteiger partial charge in [0.2, 0.25) is 0 Å². The Hall–Kier alpha value is -1.87. The van der Waals surface area contributed by atoms with Crippen LogP contribution >= 0.6 is 11.6 Å². The zero-order valence-electron chi connectivity index (χ0n) is 8.44. The monoisotopic (exact) mass is 231 g/mol. The molecule has 2 rings (SSSR count). The molecule has 0 aliphatic rings. The van der Waals surface area contributed by atoms with Crippen molar-refractivity contribution in [2.45, 2.75) is 0 Å². The molecule has 16 heavy (non-hydrogen) atoms. The third-order valence-electron chi connectivity index (χ3n) is 2.31. The van der Waals surface area contributed by atoms with E-state index in [4.69, 9.17) is 22.7 Å². The summed E-state index contributed by atoms with van der Waals surface area (Å²) in [7, 11) is 0. The summed E-state index contributed by atoms with van der Waals surface area (Å²) in [5.74, 6) is 0. The molecule has 0 spiro atoms. The third-order valence-corrected chi connectivity index (χ3v) is 2.61. The summed E-state index contributed by atoms with van der Waals surface area (Å²) in [4.78, 5) is 4.01. The number of nitrogens with one attached hydrogen (secondary N) is 1. The lowest BCUT2D eigenvalue weighted by Crippen LogP contribution is -1.93. The number of halogens is 1. The van der Waals surface area contributed by atoms with Crippen molar-refractivity contribution in [1.29, 1.82) is 5.41 Å². The van der Waals surface area contributed by atoms with Crippen LogP contribution in [0.15, 0.2) is 36.5 Å². The van der Waals surface area contributed by atoms with Crippen LogP contribution in [0.3, 0.4) is 0 Å². The Morgan fingerprint density at radius 2 is 2.12 bits per heavy atom. The van der Waals surface area contributed by atoms with Crippen LogP contribution in [0.5, 0.6) is 0 Å². The molecule has 0 atom stereocenters. The molecule has 0 unspecified atom stereocenters. The van der Waals surface area contributed by atoms with Crippen molar-refractivity contribution in [2.75, 3.05) is 5.73 Å². The average molecular weight is 232 g/mol. The summed E-state index contributed by atoms with van der Waals surface area (Å²) in [6, 6.07) is 9.17. The number of hydrogen-bond acceptors (Lipinski definition) is 3. The molecule has 0 fully saturated rings. The second-order valence-corrected chi connectivity index (χ2v) is 3.69. The maximum Gasteiger partial charge on any atom is 0.136 e. The van der Waals surface area contributed by atoms with Gasteiger partial charge < -0.3 is 11.1 Å². The van der Waals surface area contributed by atoms with Crippen LogP contribution in [0.4, 0.5) is 5.69 Å². The third kappa shape index (κ3) is 1.90. The van der Waals surface area contributed by atoms with Gasteiger partial charge in [0.15, 0.2) is 0 Å². The number of aromatic nitrogens is 1. The second-order valence-electron chi connectivity index (χ2n) is 3.33. The summed E-state index contributed by atoms with van der Waals surface area (Å²) in [6.45, 7) is 0. The summed E-state index contributed by atoms with van der Waals surface area (Å²) in [6.07, 6.45) is 2.87. The number of nitrogens with two attached hydrogens (primary N) is 1. The van der Waals surface area contributed by atoms with Gasteiger partial charge in [0.25, 0.3) is 0 Å². The van der Waals surface area contributed by atoms with Gasteiger partial charge in [-0.3, -0.25) is 0 Å². The summed E-state index contributed by atoms with van der Waals surface area (Å²) >= 11 is 5.99. The molecule has 0 saturated heterocycles. The van der Waals surface area contributed by atoms with E-state index in [2.05, 4.69) is 4.98 Å². The van der Waals surface area contributed by atoms with Crippen LogP contribution in [0.2, 0.25) is 5.15 Å². The Morgan fingerprint density at radius 3 is 2.75 bits per heavy atom. The van der Waals surface area contributed by atoms with Gasteiger partial charge in [-0.2, -0.15) is 0 Å². The summed E-state index contributed by atoms with van der Waals surface area (Å²) in [5, 5.41) is 7.61. The van der Waals surface area contributed by atoms with Crippen molar-refractivity contribution in [2.24, 2.45) is 0 Å². The van der Waals surface area contributed by atoms with E-state index in [1.165, 1.54) is 6.21 Å². The van der Waals surface area contributed by atoms with Crippen LogP contribution in [-0.2, 0) is 0 Å². The van der Waals surface area contributed by atoms with E-state index in [9.17, 15) is 0 Å². The zero-order chi connectivity index (χ0) is 11.5. The largest absolute Gasteiger partial charge is 0.398 e. The molecule has 0 aliphatic carbocycles. The van der Waals surface area contributed by atoms with E-state index < -0.39 is 0 Å². The molecule has 0 amide bonds. The van der Waals surface area contributed by atoms with E-state index in [-0.39, 0.29) is 0 Å². The molecular formula is C12H10ClN3. The molecule has 1 aromatic carbocycles. The smallest absolute Gasteiger partial charge is 0.136 e. The topological polar surface area (TPSA) is 62.8 Å². The number of benzene rings is 1. The highest BCUT2D eigenvalue weighted by Crippen LogP contribution is 2.27. The Balaban J connectivity index is 2.54. The van der Waals surface area contributed by atoms with Crippen LogP contribution in [0, 0.1) is 5.41 Å². The first kappa shape index (κ1) is 10.6. The molecular weight excluding hydrogens is 222 g/mol. The minimum absolute atomic E-state index is 0.449. The Kier molecular flexibility index (Phi) is 2.88. The Morgan fingerprint density at radius 1 is 1.31 bits per heavy atom. The normalized spacial score (nSPS) is 10.1. The van der Waals surface area contributed by atoms with E-state index in [0.717, 1.165) is 11.1 Å². The van der Waals surface area contributed by atoms with Crippen molar-refractivity contribution < 1.29 is 0 Å². The van der Waals surface area contributed by atoms with Crippen LogP contribution in [-0.4, -0.2) is 11.2 Å². The first-order chi connectivity index (χ1) is 7.72. The van der Waals surface area contributed by atoms with Gasteiger partial charge >= 0.3 is 0 Å². The molecule has 0 bridgehead atoms. The Labute approximate surface area is 98.4 Å². The van der Waals surface area contributed by atoms with Gasteiger partial charge in [0.05, 0.1) is 0 Å². The fourth-order valence-corrected chi connectivity index (χ4v) is 1.70. The van der Waals surface area contributed by atoms with E-state index >= 15 is 0 Å². The lowest BCUT2D eigenvalue weighted by molar-refractivity contribution is 1.33.